The lowest BCUT2D eigenvalue weighted by Crippen LogP contribution is -1.89. The van der Waals surface area contributed by atoms with Crippen LogP contribution in [0.15, 0.2) is 28.7 Å². The van der Waals surface area contributed by atoms with E-state index < -0.39 is 0 Å². The first-order chi connectivity index (χ1) is 6.59. The smallest absolute Gasteiger partial charge is 0.152 e. The van der Waals surface area contributed by atoms with Crippen molar-refractivity contribution >= 4 is 5.78 Å². The van der Waals surface area contributed by atoms with Gasteiger partial charge in [0.1, 0.15) is 11.5 Å². The third-order valence-electron chi connectivity index (χ3n) is 2.09. The van der Waals surface area contributed by atoms with Crippen LogP contribution in [0.1, 0.15) is 37.7 Å². The number of furan rings is 1. The van der Waals surface area contributed by atoms with E-state index in [1.54, 1.807) is 13.0 Å². The summed E-state index contributed by atoms with van der Waals surface area (Å²) in [6.07, 6.45) is 4.34. The van der Waals surface area contributed by atoms with Gasteiger partial charge in [0.15, 0.2) is 5.78 Å². The second kappa shape index (κ2) is 4.80. The van der Waals surface area contributed by atoms with Crippen LogP contribution in [-0.2, 0) is 4.79 Å². The summed E-state index contributed by atoms with van der Waals surface area (Å²) in [5, 5.41) is 0. The summed E-state index contributed by atoms with van der Waals surface area (Å²) in [5.74, 6) is 2.34. The monoisotopic (exact) mass is 192 g/mol. The Hall–Kier alpha value is -1.31. The SMILES string of the molecule is CC(=O)/C=C/CC(C)c1ccc(C)o1. The number of hydrogen-bond acceptors (Lipinski definition) is 2. The first-order valence-electron chi connectivity index (χ1n) is 4.83. The molecule has 0 aliphatic heterocycles. The molecular formula is C12H16O2. The summed E-state index contributed by atoms with van der Waals surface area (Å²) in [6.45, 7) is 5.57. The molecule has 0 fully saturated rings. The number of hydrogen-bond donors (Lipinski definition) is 0. The van der Waals surface area contributed by atoms with E-state index in [1.807, 2.05) is 25.1 Å². The van der Waals surface area contributed by atoms with Crippen LogP contribution < -0.4 is 0 Å². The van der Waals surface area contributed by atoms with Crippen molar-refractivity contribution in [2.45, 2.75) is 33.1 Å². The maximum atomic E-state index is 10.7. The van der Waals surface area contributed by atoms with Crippen molar-refractivity contribution < 1.29 is 9.21 Å². The van der Waals surface area contributed by atoms with E-state index in [2.05, 4.69) is 6.92 Å². The van der Waals surface area contributed by atoms with Gasteiger partial charge in [-0.3, -0.25) is 4.79 Å². The minimum Gasteiger partial charge on any atom is -0.466 e. The zero-order chi connectivity index (χ0) is 10.6. The molecule has 0 aliphatic carbocycles. The molecule has 1 aromatic heterocycles. The lowest BCUT2D eigenvalue weighted by atomic mass is 10.0. The Morgan fingerprint density at radius 3 is 2.79 bits per heavy atom. The van der Waals surface area contributed by atoms with Gasteiger partial charge in [0.05, 0.1) is 0 Å². The predicted molar refractivity (Wildman–Crippen MR) is 56.3 cm³/mol. The van der Waals surface area contributed by atoms with Gasteiger partial charge in [-0.1, -0.05) is 13.0 Å². The topological polar surface area (TPSA) is 30.2 Å². The Bertz CT molecular complexity index is 334. The Morgan fingerprint density at radius 2 is 2.29 bits per heavy atom. The lowest BCUT2D eigenvalue weighted by Gasteiger charge is -2.03. The zero-order valence-electron chi connectivity index (χ0n) is 8.91. The van der Waals surface area contributed by atoms with Gasteiger partial charge in [0.25, 0.3) is 0 Å². The van der Waals surface area contributed by atoms with Crippen molar-refractivity contribution in [3.8, 4) is 0 Å². The molecule has 0 saturated heterocycles. The summed E-state index contributed by atoms with van der Waals surface area (Å²) < 4.78 is 5.48. The van der Waals surface area contributed by atoms with Gasteiger partial charge in [0, 0.05) is 5.92 Å². The Labute approximate surface area is 84.6 Å². The molecule has 0 N–H and O–H groups in total. The molecule has 0 radical (unpaired) electrons. The van der Waals surface area contributed by atoms with Gasteiger partial charge in [-0.05, 0) is 38.5 Å². The maximum absolute atomic E-state index is 10.7. The molecule has 0 spiro atoms. The van der Waals surface area contributed by atoms with E-state index in [-0.39, 0.29) is 5.78 Å². The van der Waals surface area contributed by atoms with Crippen molar-refractivity contribution in [3.63, 3.8) is 0 Å². The molecule has 1 unspecified atom stereocenters. The van der Waals surface area contributed by atoms with Crippen LogP contribution in [0.2, 0.25) is 0 Å². The molecular weight excluding hydrogens is 176 g/mol. The molecule has 0 aliphatic rings. The summed E-state index contributed by atoms with van der Waals surface area (Å²) in [4.78, 5) is 10.7. The fraction of sp³-hybridized carbons (Fsp3) is 0.417. The lowest BCUT2D eigenvalue weighted by molar-refractivity contribution is -0.112. The zero-order valence-corrected chi connectivity index (χ0v) is 8.91. The van der Waals surface area contributed by atoms with Crippen LogP contribution in [0.25, 0.3) is 0 Å². The largest absolute Gasteiger partial charge is 0.466 e. The minimum atomic E-state index is 0.0906. The fourth-order valence-electron chi connectivity index (χ4n) is 1.27. The number of aryl methyl sites for hydroxylation is 1. The van der Waals surface area contributed by atoms with E-state index in [4.69, 9.17) is 4.42 Å². The number of ketones is 1. The third-order valence-corrected chi connectivity index (χ3v) is 2.09. The average molecular weight is 192 g/mol. The molecule has 76 valence electrons. The molecule has 1 heterocycles. The Balaban J connectivity index is 2.50. The number of allylic oxidation sites excluding steroid dienone is 2. The second-order valence-corrected chi connectivity index (χ2v) is 3.60. The van der Waals surface area contributed by atoms with Gasteiger partial charge in [-0.15, -0.1) is 0 Å². The highest BCUT2D eigenvalue weighted by atomic mass is 16.3. The van der Waals surface area contributed by atoms with Gasteiger partial charge >= 0.3 is 0 Å². The summed E-state index contributed by atoms with van der Waals surface area (Å²) in [5.41, 5.74) is 0. The average Bonchev–Trinajstić information content (AvgIpc) is 2.51. The number of carbonyl (C=O) groups is 1. The summed E-state index contributed by atoms with van der Waals surface area (Å²) >= 11 is 0. The van der Waals surface area contributed by atoms with E-state index in [0.717, 1.165) is 17.9 Å². The molecule has 0 bridgehead atoms. The van der Waals surface area contributed by atoms with Crippen molar-refractivity contribution in [3.05, 3.63) is 35.8 Å². The van der Waals surface area contributed by atoms with Crippen LogP contribution in [0.4, 0.5) is 0 Å². The highest BCUT2D eigenvalue weighted by Crippen LogP contribution is 2.21. The molecule has 1 rings (SSSR count). The molecule has 0 saturated carbocycles. The van der Waals surface area contributed by atoms with Crippen molar-refractivity contribution in [2.24, 2.45) is 0 Å². The van der Waals surface area contributed by atoms with Gasteiger partial charge in [-0.2, -0.15) is 0 Å². The van der Waals surface area contributed by atoms with Gasteiger partial charge < -0.3 is 4.42 Å². The van der Waals surface area contributed by atoms with Gasteiger partial charge in [-0.25, -0.2) is 0 Å². The fourth-order valence-corrected chi connectivity index (χ4v) is 1.27. The van der Waals surface area contributed by atoms with Crippen molar-refractivity contribution in [2.75, 3.05) is 0 Å². The number of carbonyl (C=O) groups excluding carboxylic acids is 1. The van der Waals surface area contributed by atoms with Crippen LogP contribution in [0, 0.1) is 6.92 Å². The molecule has 0 aromatic carbocycles. The van der Waals surface area contributed by atoms with Crippen LogP contribution in [-0.4, -0.2) is 5.78 Å². The van der Waals surface area contributed by atoms with Crippen molar-refractivity contribution in [1.82, 2.24) is 0 Å². The first-order valence-corrected chi connectivity index (χ1v) is 4.83. The highest BCUT2D eigenvalue weighted by molar-refractivity contribution is 5.87. The van der Waals surface area contributed by atoms with Crippen LogP contribution in [0.3, 0.4) is 0 Å². The third kappa shape index (κ3) is 3.21. The molecule has 0 amide bonds. The van der Waals surface area contributed by atoms with E-state index in [0.29, 0.717) is 5.92 Å². The molecule has 1 atom stereocenters. The molecule has 2 heteroatoms. The Kier molecular flexibility index (Phi) is 3.69. The number of rotatable bonds is 4. The molecule has 2 nitrogen and oxygen atoms in total. The van der Waals surface area contributed by atoms with Crippen LogP contribution >= 0.6 is 0 Å². The van der Waals surface area contributed by atoms with Gasteiger partial charge in [0.2, 0.25) is 0 Å². The minimum absolute atomic E-state index is 0.0906. The maximum Gasteiger partial charge on any atom is 0.152 e. The standard InChI is InChI=1S/C12H16O2/c1-9(5-4-6-10(2)13)12-8-7-11(3)14-12/h4,6-9H,5H2,1-3H3/b6-4+. The van der Waals surface area contributed by atoms with E-state index in [9.17, 15) is 4.79 Å². The highest BCUT2D eigenvalue weighted by Gasteiger charge is 2.07. The molecule has 14 heavy (non-hydrogen) atoms. The van der Waals surface area contributed by atoms with Crippen molar-refractivity contribution in [1.29, 1.82) is 0 Å². The Morgan fingerprint density at radius 1 is 1.57 bits per heavy atom. The predicted octanol–water partition coefficient (Wildman–Crippen LogP) is 3.23. The quantitative estimate of drug-likeness (QED) is 0.685. The normalized spacial score (nSPS) is 13.4. The first kappa shape index (κ1) is 10.8. The summed E-state index contributed by atoms with van der Waals surface area (Å²) in [6, 6.07) is 3.95. The van der Waals surface area contributed by atoms with E-state index in [1.165, 1.54) is 0 Å². The summed E-state index contributed by atoms with van der Waals surface area (Å²) in [7, 11) is 0. The second-order valence-electron chi connectivity index (χ2n) is 3.60. The van der Waals surface area contributed by atoms with Crippen LogP contribution in [0.5, 0.6) is 0 Å². The van der Waals surface area contributed by atoms with E-state index >= 15 is 0 Å². The molecule has 1 aromatic rings.